The highest BCUT2D eigenvalue weighted by molar-refractivity contribution is 7.99. The van der Waals surface area contributed by atoms with Gasteiger partial charge in [-0.2, -0.15) is 0 Å². The number of benzene rings is 1. The van der Waals surface area contributed by atoms with Crippen LogP contribution in [-0.2, 0) is 0 Å². The van der Waals surface area contributed by atoms with Crippen LogP contribution < -0.4 is 5.73 Å². The van der Waals surface area contributed by atoms with Crippen molar-refractivity contribution in [2.24, 2.45) is 5.73 Å². The third kappa shape index (κ3) is 3.64. The van der Waals surface area contributed by atoms with Crippen molar-refractivity contribution in [3.63, 3.8) is 0 Å². The molecule has 2 unspecified atom stereocenters. The third-order valence-electron chi connectivity index (χ3n) is 3.19. The lowest BCUT2D eigenvalue weighted by molar-refractivity contribution is 0.454. The largest absolute Gasteiger partial charge is 0.465 e. The summed E-state index contributed by atoms with van der Waals surface area (Å²) in [6.07, 6.45) is 0.934. The SMILES string of the molecule is CCC(N)C(Sc1ccc(C)cc1)c1ccc(C)o1. The Morgan fingerprint density at radius 1 is 1.11 bits per heavy atom. The summed E-state index contributed by atoms with van der Waals surface area (Å²) in [7, 11) is 0. The molecule has 0 amide bonds. The van der Waals surface area contributed by atoms with Crippen LogP contribution in [0.5, 0.6) is 0 Å². The Bertz CT molecular complexity index is 518. The van der Waals surface area contributed by atoms with E-state index in [1.807, 2.05) is 19.1 Å². The van der Waals surface area contributed by atoms with Gasteiger partial charge in [0.15, 0.2) is 0 Å². The highest BCUT2D eigenvalue weighted by atomic mass is 32.2. The summed E-state index contributed by atoms with van der Waals surface area (Å²) in [5.41, 5.74) is 7.53. The Morgan fingerprint density at radius 2 is 1.79 bits per heavy atom. The summed E-state index contributed by atoms with van der Waals surface area (Å²) in [5, 5.41) is 0.168. The van der Waals surface area contributed by atoms with Gasteiger partial charge in [-0.1, -0.05) is 24.6 Å². The second-order valence-corrected chi connectivity index (χ2v) is 6.09. The van der Waals surface area contributed by atoms with Crippen LogP contribution in [0.3, 0.4) is 0 Å². The molecule has 2 aromatic rings. The average Bonchev–Trinajstić information content (AvgIpc) is 2.83. The molecule has 2 rings (SSSR count). The van der Waals surface area contributed by atoms with Crippen molar-refractivity contribution in [2.45, 2.75) is 43.4 Å². The third-order valence-corrected chi connectivity index (χ3v) is 4.57. The Hall–Kier alpha value is -1.19. The van der Waals surface area contributed by atoms with Crippen LogP contribution in [0.1, 0.15) is 35.7 Å². The van der Waals surface area contributed by atoms with Gasteiger partial charge in [0.25, 0.3) is 0 Å². The monoisotopic (exact) mass is 275 g/mol. The molecule has 0 aliphatic heterocycles. The maximum atomic E-state index is 6.26. The molecule has 3 heteroatoms. The van der Waals surface area contributed by atoms with E-state index in [1.165, 1.54) is 10.5 Å². The summed E-state index contributed by atoms with van der Waals surface area (Å²) >= 11 is 1.78. The number of aryl methyl sites for hydroxylation is 2. The molecule has 0 saturated carbocycles. The maximum Gasteiger partial charge on any atom is 0.119 e. The fourth-order valence-electron chi connectivity index (χ4n) is 1.94. The fraction of sp³-hybridized carbons (Fsp3) is 0.375. The van der Waals surface area contributed by atoms with E-state index >= 15 is 0 Å². The van der Waals surface area contributed by atoms with Gasteiger partial charge in [-0.05, 0) is 44.5 Å². The molecule has 0 spiro atoms. The topological polar surface area (TPSA) is 39.2 Å². The van der Waals surface area contributed by atoms with Gasteiger partial charge in [0.05, 0.1) is 5.25 Å². The zero-order chi connectivity index (χ0) is 13.8. The summed E-state index contributed by atoms with van der Waals surface area (Å²) in [5.74, 6) is 1.91. The average molecular weight is 275 g/mol. The molecule has 19 heavy (non-hydrogen) atoms. The maximum absolute atomic E-state index is 6.26. The van der Waals surface area contributed by atoms with Crippen LogP contribution in [-0.4, -0.2) is 6.04 Å². The van der Waals surface area contributed by atoms with Crippen molar-refractivity contribution < 1.29 is 4.42 Å². The van der Waals surface area contributed by atoms with E-state index in [0.29, 0.717) is 0 Å². The first-order chi connectivity index (χ1) is 9.10. The molecular formula is C16H21NOS. The minimum Gasteiger partial charge on any atom is -0.465 e. The van der Waals surface area contributed by atoms with Crippen molar-refractivity contribution in [1.29, 1.82) is 0 Å². The van der Waals surface area contributed by atoms with Crippen molar-refractivity contribution in [3.8, 4) is 0 Å². The van der Waals surface area contributed by atoms with E-state index in [0.717, 1.165) is 17.9 Å². The summed E-state index contributed by atoms with van der Waals surface area (Å²) in [6, 6.07) is 12.7. The molecule has 0 saturated heterocycles. The molecule has 0 bridgehead atoms. The normalized spacial score (nSPS) is 14.3. The first kappa shape index (κ1) is 14.2. The number of thioether (sulfide) groups is 1. The predicted octanol–water partition coefficient (Wildman–Crippen LogP) is 4.47. The van der Waals surface area contributed by atoms with Gasteiger partial charge in [0, 0.05) is 10.9 Å². The Labute approximate surface area is 119 Å². The zero-order valence-corrected chi connectivity index (χ0v) is 12.5. The predicted molar refractivity (Wildman–Crippen MR) is 81.5 cm³/mol. The van der Waals surface area contributed by atoms with Crippen molar-refractivity contribution in [2.75, 3.05) is 0 Å². The van der Waals surface area contributed by atoms with Gasteiger partial charge in [-0.15, -0.1) is 11.8 Å². The van der Waals surface area contributed by atoms with Crippen LogP contribution in [0, 0.1) is 13.8 Å². The van der Waals surface area contributed by atoms with Crippen molar-refractivity contribution >= 4 is 11.8 Å². The standard InChI is InChI=1S/C16H21NOS/c1-4-14(17)16(15-10-7-12(3)18-15)19-13-8-5-11(2)6-9-13/h5-10,14,16H,4,17H2,1-3H3. The second kappa shape index (κ2) is 6.31. The van der Waals surface area contributed by atoms with Crippen molar-refractivity contribution in [1.82, 2.24) is 0 Å². The quantitative estimate of drug-likeness (QED) is 0.818. The summed E-state index contributed by atoms with van der Waals surface area (Å²) in [6.45, 7) is 6.18. The lowest BCUT2D eigenvalue weighted by Gasteiger charge is -2.20. The highest BCUT2D eigenvalue weighted by Gasteiger charge is 2.22. The number of hydrogen-bond acceptors (Lipinski definition) is 3. The van der Waals surface area contributed by atoms with E-state index in [1.54, 1.807) is 11.8 Å². The van der Waals surface area contributed by atoms with Gasteiger partial charge in [0.1, 0.15) is 11.5 Å². The van der Waals surface area contributed by atoms with Crippen LogP contribution in [0.4, 0.5) is 0 Å². The molecule has 2 N–H and O–H groups in total. The van der Waals surface area contributed by atoms with Crippen LogP contribution in [0.15, 0.2) is 45.7 Å². The molecule has 1 aromatic carbocycles. The van der Waals surface area contributed by atoms with Crippen LogP contribution in [0.2, 0.25) is 0 Å². The molecule has 1 heterocycles. The summed E-state index contributed by atoms with van der Waals surface area (Å²) in [4.78, 5) is 1.23. The molecule has 0 aliphatic carbocycles. The molecule has 0 radical (unpaired) electrons. The van der Waals surface area contributed by atoms with E-state index in [4.69, 9.17) is 10.2 Å². The van der Waals surface area contributed by atoms with E-state index in [-0.39, 0.29) is 11.3 Å². The zero-order valence-electron chi connectivity index (χ0n) is 11.7. The Balaban J connectivity index is 2.21. The Kier molecular flexibility index (Phi) is 4.72. The number of furan rings is 1. The molecule has 102 valence electrons. The molecule has 1 aromatic heterocycles. The number of rotatable bonds is 5. The number of hydrogen-bond donors (Lipinski definition) is 1. The number of nitrogens with two attached hydrogens (primary N) is 1. The van der Waals surface area contributed by atoms with Crippen molar-refractivity contribution in [3.05, 3.63) is 53.5 Å². The first-order valence-corrected chi connectivity index (χ1v) is 7.53. The molecule has 2 atom stereocenters. The van der Waals surface area contributed by atoms with Gasteiger partial charge < -0.3 is 10.2 Å². The van der Waals surface area contributed by atoms with Gasteiger partial charge in [-0.25, -0.2) is 0 Å². The van der Waals surface area contributed by atoms with Crippen LogP contribution in [0.25, 0.3) is 0 Å². The second-order valence-electron chi connectivity index (χ2n) is 4.87. The summed E-state index contributed by atoms with van der Waals surface area (Å²) < 4.78 is 5.76. The van der Waals surface area contributed by atoms with Gasteiger partial charge in [-0.3, -0.25) is 0 Å². The first-order valence-electron chi connectivity index (χ1n) is 6.65. The molecule has 2 nitrogen and oxygen atoms in total. The lowest BCUT2D eigenvalue weighted by Crippen LogP contribution is -2.25. The van der Waals surface area contributed by atoms with Crippen LogP contribution >= 0.6 is 11.8 Å². The lowest BCUT2D eigenvalue weighted by atomic mass is 10.1. The molecule has 0 aliphatic rings. The highest BCUT2D eigenvalue weighted by Crippen LogP contribution is 2.38. The molecule has 0 fully saturated rings. The van der Waals surface area contributed by atoms with Gasteiger partial charge >= 0.3 is 0 Å². The minimum atomic E-state index is 0.0943. The smallest absolute Gasteiger partial charge is 0.119 e. The fourth-order valence-corrected chi connectivity index (χ4v) is 3.14. The minimum absolute atomic E-state index is 0.0943. The van der Waals surface area contributed by atoms with E-state index in [2.05, 4.69) is 38.1 Å². The van der Waals surface area contributed by atoms with E-state index < -0.39 is 0 Å². The van der Waals surface area contributed by atoms with Gasteiger partial charge in [0.2, 0.25) is 0 Å². The Morgan fingerprint density at radius 3 is 2.32 bits per heavy atom. The molecular weight excluding hydrogens is 254 g/mol. The van der Waals surface area contributed by atoms with E-state index in [9.17, 15) is 0 Å².